The molecule has 1 aromatic heterocycles. The summed E-state index contributed by atoms with van der Waals surface area (Å²) in [6.07, 6.45) is 1.67. The highest BCUT2D eigenvalue weighted by atomic mass is 16.3. The van der Waals surface area contributed by atoms with Crippen molar-refractivity contribution >= 4 is 17.4 Å². The number of hydrogen-bond donors (Lipinski definition) is 3. The minimum Gasteiger partial charge on any atom is -0.508 e. The van der Waals surface area contributed by atoms with E-state index in [2.05, 4.69) is 48.5 Å². The first-order valence-corrected chi connectivity index (χ1v) is 11.7. The average molecular weight is 469 g/mol. The number of aromatic hydroxyl groups is 2. The molecule has 35 heavy (non-hydrogen) atoms. The standard InChI is InChI=1S/C28H28N4O3/c1-18(2)20-9-7-19(8-10-20)15-32-26(11-12-29-32)30-24-13-23(33)14-25(34)27(24)28(35)31-16-21-5-3-4-6-22(21)17-31/h3-14,18,30,33-34H,15-17H2,1-2H3. The molecule has 0 saturated carbocycles. The summed E-state index contributed by atoms with van der Waals surface area (Å²) in [6.45, 7) is 5.80. The van der Waals surface area contributed by atoms with E-state index in [4.69, 9.17) is 0 Å². The third kappa shape index (κ3) is 4.57. The van der Waals surface area contributed by atoms with Gasteiger partial charge in [-0.3, -0.25) is 4.79 Å². The molecule has 5 rings (SSSR count). The molecule has 1 aliphatic heterocycles. The van der Waals surface area contributed by atoms with Gasteiger partial charge >= 0.3 is 0 Å². The van der Waals surface area contributed by atoms with Crippen molar-refractivity contribution in [2.75, 3.05) is 5.32 Å². The molecule has 0 bridgehead atoms. The molecule has 4 aromatic rings. The van der Waals surface area contributed by atoms with Crippen molar-refractivity contribution in [2.45, 2.75) is 39.4 Å². The Morgan fingerprint density at radius 3 is 2.34 bits per heavy atom. The van der Waals surface area contributed by atoms with Gasteiger partial charge in [0.2, 0.25) is 0 Å². The van der Waals surface area contributed by atoms with Crippen LogP contribution in [-0.4, -0.2) is 30.8 Å². The Labute approximate surface area is 204 Å². The van der Waals surface area contributed by atoms with Crippen LogP contribution in [0.4, 0.5) is 11.5 Å². The lowest BCUT2D eigenvalue weighted by atomic mass is 10.0. The maximum atomic E-state index is 13.5. The number of carbonyl (C=O) groups is 1. The van der Waals surface area contributed by atoms with Gasteiger partial charge in [0.1, 0.15) is 22.9 Å². The summed E-state index contributed by atoms with van der Waals surface area (Å²) in [5, 5.41) is 28.5. The first kappa shape index (κ1) is 22.5. The van der Waals surface area contributed by atoms with Crippen molar-refractivity contribution in [3.05, 3.63) is 101 Å². The van der Waals surface area contributed by atoms with Crippen LogP contribution in [0, 0.1) is 0 Å². The second kappa shape index (κ2) is 9.18. The van der Waals surface area contributed by atoms with Gasteiger partial charge in [-0.2, -0.15) is 5.10 Å². The molecule has 3 N–H and O–H groups in total. The number of benzene rings is 3. The van der Waals surface area contributed by atoms with Crippen LogP contribution in [0.5, 0.6) is 11.5 Å². The van der Waals surface area contributed by atoms with Crippen LogP contribution in [0.15, 0.2) is 72.9 Å². The number of rotatable bonds is 6. The van der Waals surface area contributed by atoms with Gasteiger partial charge in [0.05, 0.1) is 18.4 Å². The molecule has 0 aliphatic carbocycles. The molecule has 0 saturated heterocycles. The number of carbonyl (C=O) groups excluding carboxylic acids is 1. The average Bonchev–Trinajstić information content (AvgIpc) is 3.45. The highest BCUT2D eigenvalue weighted by molar-refractivity contribution is 6.03. The third-order valence-electron chi connectivity index (χ3n) is 6.40. The summed E-state index contributed by atoms with van der Waals surface area (Å²) in [7, 11) is 0. The van der Waals surface area contributed by atoms with E-state index in [9.17, 15) is 15.0 Å². The highest BCUT2D eigenvalue weighted by Crippen LogP contribution is 2.36. The number of nitrogens with zero attached hydrogens (tertiary/aromatic N) is 3. The maximum absolute atomic E-state index is 13.5. The first-order valence-electron chi connectivity index (χ1n) is 11.7. The van der Waals surface area contributed by atoms with E-state index in [-0.39, 0.29) is 23.0 Å². The molecule has 2 heterocycles. The van der Waals surface area contributed by atoms with Crippen molar-refractivity contribution in [1.29, 1.82) is 0 Å². The van der Waals surface area contributed by atoms with Gasteiger partial charge < -0.3 is 20.4 Å². The summed E-state index contributed by atoms with van der Waals surface area (Å²) in [5.41, 5.74) is 4.98. The number of phenols is 2. The molecule has 178 valence electrons. The number of anilines is 2. The highest BCUT2D eigenvalue weighted by Gasteiger charge is 2.28. The Kier molecular flexibility index (Phi) is 5.91. The molecule has 1 aliphatic rings. The number of fused-ring (bicyclic) bond motifs is 1. The minimum absolute atomic E-state index is 0.115. The van der Waals surface area contributed by atoms with Gasteiger partial charge in [-0.25, -0.2) is 4.68 Å². The number of amides is 1. The molecule has 1 amide bonds. The monoisotopic (exact) mass is 468 g/mol. The molecule has 0 atom stereocenters. The molecular formula is C28H28N4O3. The van der Waals surface area contributed by atoms with Crippen LogP contribution >= 0.6 is 0 Å². The molecule has 7 heteroatoms. The third-order valence-corrected chi connectivity index (χ3v) is 6.40. The molecule has 0 radical (unpaired) electrons. The Hall–Kier alpha value is -4.26. The fraction of sp³-hybridized carbons (Fsp3) is 0.214. The van der Waals surface area contributed by atoms with Crippen molar-refractivity contribution in [2.24, 2.45) is 0 Å². The quantitative estimate of drug-likeness (QED) is 0.354. The summed E-state index contributed by atoms with van der Waals surface area (Å²) >= 11 is 0. The summed E-state index contributed by atoms with van der Waals surface area (Å²) in [6, 6.07) is 20.8. The zero-order valence-electron chi connectivity index (χ0n) is 19.8. The maximum Gasteiger partial charge on any atom is 0.260 e. The van der Waals surface area contributed by atoms with Crippen molar-refractivity contribution in [3.63, 3.8) is 0 Å². The van der Waals surface area contributed by atoms with Crippen molar-refractivity contribution in [1.82, 2.24) is 14.7 Å². The summed E-state index contributed by atoms with van der Waals surface area (Å²) in [4.78, 5) is 15.2. The molecule has 0 fully saturated rings. The van der Waals surface area contributed by atoms with E-state index < -0.39 is 0 Å². The number of phenolic OH excluding ortho intramolecular Hbond substituents is 2. The largest absolute Gasteiger partial charge is 0.508 e. The fourth-order valence-corrected chi connectivity index (χ4v) is 4.45. The molecule has 7 nitrogen and oxygen atoms in total. The lowest BCUT2D eigenvalue weighted by Crippen LogP contribution is -2.26. The van der Waals surface area contributed by atoms with Crippen LogP contribution in [0.25, 0.3) is 0 Å². The molecular weight excluding hydrogens is 440 g/mol. The van der Waals surface area contributed by atoms with Gasteiger partial charge in [-0.05, 0) is 28.2 Å². The lowest BCUT2D eigenvalue weighted by molar-refractivity contribution is 0.0749. The van der Waals surface area contributed by atoms with E-state index in [0.29, 0.717) is 37.1 Å². The number of nitrogens with one attached hydrogen (secondary N) is 1. The van der Waals surface area contributed by atoms with Crippen LogP contribution in [0.1, 0.15) is 52.4 Å². The smallest absolute Gasteiger partial charge is 0.260 e. The predicted molar refractivity (Wildman–Crippen MR) is 135 cm³/mol. The number of hydrogen-bond acceptors (Lipinski definition) is 5. The van der Waals surface area contributed by atoms with E-state index >= 15 is 0 Å². The SMILES string of the molecule is CC(C)c1ccc(Cn2nccc2Nc2cc(O)cc(O)c2C(=O)N2Cc3ccccc3C2)cc1. The van der Waals surface area contributed by atoms with Gasteiger partial charge in [0, 0.05) is 31.3 Å². The minimum atomic E-state index is -0.309. The van der Waals surface area contributed by atoms with Crippen LogP contribution in [-0.2, 0) is 19.6 Å². The normalized spacial score (nSPS) is 12.7. The van der Waals surface area contributed by atoms with Gasteiger partial charge in [0.25, 0.3) is 5.91 Å². The van der Waals surface area contributed by atoms with E-state index in [1.807, 2.05) is 24.3 Å². The number of aromatic nitrogens is 2. The Bertz CT molecular complexity index is 1350. The Morgan fingerprint density at radius 2 is 1.69 bits per heavy atom. The lowest BCUT2D eigenvalue weighted by Gasteiger charge is -2.20. The Morgan fingerprint density at radius 1 is 1.00 bits per heavy atom. The van der Waals surface area contributed by atoms with Crippen LogP contribution < -0.4 is 5.32 Å². The van der Waals surface area contributed by atoms with E-state index in [0.717, 1.165) is 16.7 Å². The summed E-state index contributed by atoms with van der Waals surface area (Å²) in [5.74, 6) is 0.382. The van der Waals surface area contributed by atoms with Gasteiger partial charge in [0.15, 0.2) is 0 Å². The van der Waals surface area contributed by atoms with Crippen LogP contribution in [0.3, 0.4) is 0 Å². The molecule has 3 aromatic carbocycles. The Balaban J connectivity index is 1.41. The topological polar surface area (TPSA) is 90.6 Å². The fourth-order valence-electron chi connectivity index (χ4n) is 4.45. The van der Waals surface area contributed by atoms with E-state index in [1.54, 1.807) is 21.8 Å². The predicted octanol–water partition coefficient (Wildman–Crippen LogP) is 5.37. The zero-order chi connectivity index (χ0) is 24.5. The van der Waals surface area contributed by atoms with Gasteiger partial charge in [-0.1, -0.05) is 62.4 Å². The zero-order valence-corrected chi connectivity index (χ0v) is 19.8. The van der Waals surface area contributed by atoms with Crippen molar-refractivity contribution in [3.8, 4) is 11.5 Å². The molecule has 0 unspecified atom stereocenters. The molecule has 0 spiro atoms. The van der Waals surface area contributed by atoms with E-state index in [1.165, 1.54) is 17.7 Å². The van der Waals surface area contributed by atoms with Crippen molar-refractivity contribution < 1.29 is 15.0 Å². The first-order chi connectivity index (χ1) is 16.9. The second-order valence-electron chi connectivity index (χ2n) is 9.21. The summed E-state index contributed by atoms with van der Waals surface area (Å²) < 4.78 is 1.78. The second-order valence-corrected chi connectivity index (χ2v) is 9.21. The van der Waals surface area contributed by atoms with Crippen LogP contribution in [0.2, 0.25) is 0 Å². The van der Waals surface area contributed by atoms with Gasteiger partial charge in [-0.15, -0.1) is 0 Å².